The summed E-state index contributed by atoms with van der Waals surface area (Å²) in [5.41, 5.74) is 1.73. The first-order valence-electron chi connectivity index (χ1n) is 9.08. The zero-order valence-corrected chi connectivity index (χ0v) is 16.6. The van der Waals surface area contributed by atoms with Crippen molar-refractivity contribution in [2.45, 2.75) is 39.8 Å². The van der Waals surface area contributed by atoms with E-state index in [0.29, 0.717) is 5.56 Å². The van der Waals surface area contributed by atoms with Gasteiger partial charge in [-0.25, -0.2) is 4.79 Å². The summed E-state index contributed by atoms with van der Waals surface area (Å²) in [4.78, 5) is 18.5. The van der Waals surface area contributed by atoms with Gasteiger partial charge in [0.15, 0.2) is 6.04 Å². The van der Waals surface area contributed by atoms with Crippen molar-refractivity contribution in [3.8, 4) is 0 Å². The largest absolute Gasteiger partial charge is 0.390 e. The first-order chi connectivity index (χ1) is 12.0. The van der Waals surface area contributed by atoms with Crippen molar-refractivity contribution in [3.63, 3.8) is 0 Å². The highest BCUT2D eigenvalue weighted by atomic mass is 16.7. The number of nitrogens with zero attached hydrogens (tertiary/aromatic N) is 1. The van der Waals surface area contributed by atoms with Gasteiger partial charge in [0.2, 0.25) is 0 Å². The average Bonchev–Trinajstić information content (AvgIpc) is 3.07. The third-order valence-electron chi connectivity index (χ3n) is 5.49. The van der Waals surface area contributed by atoms with Crippen molar-refractivity contribution in [3.05, 3.63) is 47.5 Å². The summed E-state index contributed by atoms with van der Waals surface area (Å²) in [5.74, 6) is -0.337. The number of likely N-dealkylation sites (N-methyl/N-ethyl adjacent to an activating group) is 1. The molecular weight excluding hydrogens is 330 g/mol. The van der Waals surface area contributed by atoms with Crippen LogP contribution in [0.4, 0.5) is 0 Å². The number of hydrogen-bond donors (Lipinski definition) is 2. The number of hydroxylamine groups is 3. The lowest BCUT2D eigenvalue weighted by molar-refractivity contribution is -1.08. The molecule has 0 aromatic heterocycles. The molecule has 4 atom stereocenters. The van der Waals surface area contributed by atoms with Crippen LogP contribution in [0.15, 0.2) is 42.0 Å². The van der Waals surface area contributed by atoms with E-state index in [-0.39, 0.29) is 34.5 Å². The zero-order valence-electron chi connectivity index (χ0n) is 16.6. The molecule has 5 nitrogen and oxygen atoms in total. The van der Waals surface area contributed by atoms with Crippen LogP contribution in [0.3, 0.4) is 0 Å². The quantitative estimate of drug-likeness (QED) is 0.445. The third kappa shape index (κ3) is 4.17. The van der Waals surface area contributed by atoms with E-state index in [9.17, 15) is 15.0 Å². The van der Waals surface area contributed by atoms with Gasteiger partial charge in [0.25, 0.3) is 0 Å². The molecule has 0 amide bonds. The summed E-state index contributed by atoms with van der Waals surface area (Å²) in [7, 11) is 3.38. The van der Waals surface area contributed by atoms with Gasteiger partial charge in [0.1, 0.15) is 26.8 Å². The molecule has 0 radical (unpaired) electrons. The molecule has 1 saturated carbocycles. The predicted molar refractivity (Wildman–Crippen MR) is 101 cm³/mol. The van der Waals surface area contributed by atoms with Crippen molar-refractivity contribution >= 4 is 5.97 Å². The average molecular weight is 362 g/mol. The number of quaternary nitrogens is 1. The van der Waals surface area contributed by atoms with Crippen LogP contribution in [0.1, 0.15) is 39.4 Å². The lowest BCUT2D eigenvalue weighted by Gasteiger charge is -2.36. The normalized spacial score (nSPS) is 23.7. The molecule has 1 aliphatic carbocycles. The van der Waals surface area contributed by atoms with Crippen LogP contribution in [-0.4, -0.2) is 47.6 Å². The topological polar surface area (TPSA) is 66.8 Å². The molecule has 2 rings (SSSR count). The minimum absolute atomic E-state index is 0.138. The Morgan fingerprint density at radius 2 is 1.85 bits per heavy atom. The van der Waals surface area contributed by atoms with Crippen LogP contribution in [0, 0.1) is 17.3 Å². The van der Waals surface area contributed by atoms with E-state index in [1.807, 2.05) is 32.0 Å². The molecule has 5 heteroatoms. The van der Waals surface area contributed by atoms with Crippen LogP contribution in [0.5, 0.6) is 0 Å². The standard InChI is InChI=1S/C21H32NO4/c1-14(2)12-16-18(21(16,3)4)20(25)26-22(5,6)17(13-23)19(24)15-10-8-7-9-11-15/h7-12,16-19,23-24H,13H2,1-6H3/q+1/t16-,17-,18+,19-/m1/s1. The number of rotatable bonds is 7. The second kappa shape index (κ2) is 7.51. The molecule has 0 bridgehead atoms. The van der Waals surface area contributed by atoms with E-state index in [1.165, 1.54) is 5.57 Å². The summed E-state index contributed by atoms with van der Waals surface area (Å²) in [5, 5.41) is 20.5. The summed E-state index contributed by atoms with van der Waals surface area (Å²) < 4.78 is -0.237. The Morgan fingerprint density at radius 3 is 2.35 bits per heavy atom. The summed E-state index contributed by atoms with van der Waals surface area (Å²) in [6, 6.07) is 8.44. The van der Waals surface area contributed by atoms with Crippen molar-refractivity contribution in [1.82, 2.24) is 0 Å². The van der Waals surface area contributed by atoms with E-state index in [0.717, 1.165) is 0 Å². The second-order valence-corrected chi connectivity index (χ2v) is 8.52. The Balaban J connectivity index is 2.13. The lowest BCUT2D eigenvalue weighted by atomic mass is 10.0. The van der Waals surface area contributed by atoms with Gasteiger partial charge >= 0.3 is 5.97 Å². The van der Waals surface area contributed by atoms with E-state index in [4.69, 9.17) is 4.84 Å². The minimum atomic E-state index is -0.940. The van der Waals surface area contributed by atoms with Gasteiger partial charge in [-0.1, -0.05) is 55.8 Å². The Morgan fingerprint density at radius 1 is 1.27 bits per heavy atom. The second-order valence-electron chi connectivity index (χ2n) is 8.52. The highest BCUT2D eigenvalue weighted by Crippen LogP contribution is 2.60. The molecule has 26 heavy (non-hydrogen) atoms. The minimum Gasteiger partial charge on any atom is -0.390 e. The number of hydrogen-bond acceptors (Lipinski definition) is 4. The first-order valence-corrected chi connectivity index (χ1v) is 9.08. The number of allylic oxidation sites excluding steroid dienone is 2. The van der Waals surface area contributed by atoms with Crippen LogP contribution in [0.25, 0.3) is 0 Å². The molecule has 144 valence electrons. The molecule has 1 aromatic carbocycles. The van der Waals surface area contributed by atoms with E-state index >= 15 is 0 Å². The van der Waals surface area contributed by atoms with Gasteiger partial charge in [-0.15, -0.1) is 4.65 Å². The molecule has 0 aliphatic heterocycles. The van der Waals surface area contributed by atoms with Gasteiger partial charge < -0.3 is 10.2 Å². The van der Waals surface area contributed by atoms with E-state index in [1.54, 1.807) is 26.2 Å². The summed E-state index contributed by atoms with van der Waals surface area (Å²) in [6.07, 6.45) is 1.18. The molecule has 1 aromatic rings. The number of benzene rings is 1. The molecule has 2 N–H and O–H groups in total. The third-order valence-corrected chi connectivity index (χ3v) is 5.49. The smallest absolute Gasteiger partial charge is 0.370 e. The molecular formula is C21H32NO4+. The Labute approximate surface area is 156 Å². The van der Waals surface area contributed by atoms with E-state index < -0.39 is 12.1 Å². The predicted octanol–water partition coefficient (Wildman–Crippen LogP) is 2.85. The lowest BCUT2D eigenvalue weighted by Crippen LogP contribution is -2.54. The molecule has 0 spiro atoms. The van der Waals surface area contributed by atoms with Gasteiger partial charge in [-0.2, -0.15) is 0 Å². The number of aliphatic hydroxyl groups excluding tert-OH is 2. The zero-order chi connectivity index (χ0) is 19.7. The van der Waals surface area contributed by atoms with Gasteiger partial charge in [-0.3, -0.25) is 4.84 Å². The Kier molecular flexibility index (Phi) is 5.95. The fourth-order valence-electron chi connectivity index (χ4n) is 3.66. The molecule has 0 heterocycles. The van der Waals surface area contributed by atoms with Crippen LogP contribution in [-0.2, 0) is 9.63 Å². The maximum absolute atomic E-state index is 12.8. The fraction of sp³-hybridized carbons (Fsp3) is 0.571. The monoisotopic (exact) mass is 362 g/mol. The highest BCUT2D eigenvalue weighted by Gasteiger charge is 2.63. The molecule has 0 saturated heterocycles. The van der Waals surface area contributed by atoms with Crippen LogP contribution < -0.4 is 0 Å². The SMILES string of the molecule is CC(C)=C[C@@H]1[C@@H](C(=O)O[N+](C)(C)[C@H](CO)[C@H](O)c2ccccc2)C1(C)C. The van der Waals surface area contributed by atoms with Crippen molar-refractivity contribution in [1.29, 1.82) is 0 Å². The Bertz CT molecular complexity index is 662. The molecule has 1 aliphatic rings. The summed E-state index contributed by atoms with van der Waals surface area (Å²) >= 11 is 0. The molecule has 1 fully saturated rings. The number of aliphatic hydroxyl groups is 2. The van der Waals surface area contributed by atoms with Crippen molar-refractivity contribution < 1.29 is 24.5 Å². The van der Waals surface area contributed by atoms with E-state index in [2.05, 4.69) is 19.9 Å². The fourth-order valence-corrected chi connectivity index (χ4v) is 3.66. The first kappa shape index (κ1) is 20.6. The van der Waals surface area contributed by atoms with Crippen LogP contribution in [0.2, 0.25) is 0 Å². The molecule has 0 unspecified atom stereocenters. The Hall–Kier alpha value is -1.69. The van der Waals surface area contributed by atoms with Gasteiger partial charge in [0.05, 0.1) is 5.92 Å². The van der Waals surface area contributed by atoms with Gasteiger partial charge in [-0.05, 0) is 30.7 Å². The highest BCUT2D eigenvalue weighted by molar-refractivity contribution is 5.77. The summed E-state index contributed by atoms with van der Waals surface area (Å²) in [6.45, 7) is 7.86. The maximum atomic E-state index is 12.8. The van der Waals surface area contributed by atoms with Gasteiger partial charge in [0, 0.05) is 0 Å². The van der Waals surface area contributed by atoms with Crippen molar-refractivity contribution in [2.24, 2.45) is 17.3 Å². The van der Waals surface area contributed by atoms with Crippen LogP contribution >= 0.6 is 0 Å². The maximum Gasteiger partial charge on any atom is 0.370 e. The number of carbonyl (C=O) groups is 1. The van der Waals surface area contributed by atoms with Crippen molar-refractivity contribution in [2.75, 3.05) is 20.7 Å². The number of carbonyl (C=O) groups excluding carboxylic acids is 1.